The molecule has 0 atom stereocenters. The molecule has 0 radical (unpaired) electrons. The second-order valence-electron chi connectivity index (χ2n) is 5.02. The first-order chi connectivity index (χ1) is 10.1. The number of nitrogens with two attached hydrogens (primary N) is 1. The molecule has 1 aromatic heterocycles. The summed E-state index contributed by atoms with van der Waals surface area (Å²) in [6.45, 7) is 4.15. The van der Waals surface area contributed by atoms with Gasteiger partial charge in [0.25, 0.3) is 0 Å². The Labute approximate surface area is 137 Å². The Morgan fingerprint density at radius 3 is 2.38 bits per heavy atom. The fourth-order valence-corrected chi connectivity index (χ4v) is 3.05. The molecule has 0 amide bonds. The van der Waals surface area contributed by atoms with Crippen LogP contribution < -0.4 is 5.73 Å². The molecule has 0 saturated heterocycles. The molecule has 0 fully saturated rings. The number of aromatic nitrogens is 1. The van der Waals surface area contributed by atoms with Gasteiger partial charge in [-0.15, -0.1) is 0 Å². The number of rotatable bonds is 2. The van der Waals surface area contributed by atoms with E-state index in [1.807, 2.05) is 30.3 Å². The molecule has 3 nitrogen and oxygen atoms in total. The number of halogens is 1. The largest absolute Gasteiger partial charge is 0.367 e. The summed E-state index contributed by atoms with van der Waals surface area (Å²) in [5, 5.41) is 4.20. The van der Waals surface area contributed by atoms with E-state index in [1.54, 1.807) is 0 Å². The first-order valence-electron chi connectivity index (χ1n) is 6.66. The molecule has 3 rings (SSSR count). The Balaban J connectivity index is 2.28. The fraction of sp³-hybridized carbons (Fsp3) is 0.118. The summed E-state index contributed by atoms with van der Waals surface area (Å²) in [5.41, 5.74) is 12.2. The Hall–Kier alpha value is -1.82. The van der Waals surface area contributed by atoms with Crippen molar-refractivity contribution >= 4 is 28.5 Å². The van der Waals surface area contributed by atoms with E-state index in [9.17, 15) is 0 Å². The zero-order valence-electron chi connectivity index (χ0n) is 11.9. The van der Waals surface area contributed by atoms with Gasteiger partial charge in [-0.25, -0.2) is 0 Å². The van der Waals surface area contributed by atoms with Crippen molar-refractivity contribution in [2.75, 3.05) is 5.73 Å². The molecule has 0 aliphatic rings. The average molecular weight is 390 g/mol. The quantitative estimate of drug-likeness (QED) is 0.639. The molecule has 106 valence electrons. The van der Waals surface area contributed by atoms with E-state index in [2.05, 4.69) is 53.7 Å². The zero-order chi connectivity index (χ0) is 15.0. The SMILES string of the molecule is Cc1ccccc1-c1c(-c2cccc(C)c2I)noc1N. The van der Waals surface area contributed by atoms with Crippen molar-refractivity contribution < 1.29 is 4.52 Å². The molecule has 0 unspecified atom stereocenters. The lowest BCUT2D eigenvalue weighted by Crippen LogP contribution is -1.92. The van der Waals surface area contributed by atoms with Gasteiger partial charge in [-0.3, -0.25) is 0 Å². The van der Waals surface area contributed by atoms with Gasteiger partial charge in [0.1, 0.15) is 5.69 Å². The van der Waals surface area contributed by atoms with Crippen LogP contribution in [0, 0.1) is 17.4 Å². The number of nitrogen functional groups attached to an aromatic ring is 1. The Morgan fingerprint density at radius 1 is 0.952 bits per heavy atom. The minimum Gasteiger partial charge on any atom is -0.367 e. The van der Waals surface area contributed by atoms with Gasteiger partial charge < -0.3 is 10.3 Å². The van der Waals surface area contributed by atoms with Crippen LogP contribution in [0.2, 0.25) is 0 Å². The Kier molecular flexibility index (Phi) is 3.71. The monoisotopic (exact) mass is 390 g/mol. The Bertz CT molecular complexity index is 808. The van der Waals surface area contributed by atoms with Crippen LogP contribution in [0.25, 0.3) is 22.4 Å². The third-order valence-corrected chi connectivity index (χ3v) is 5.01. The first-order valence-corrected chi connectivity index (χ1v) is 7.74. The van der Waals surface area contributed by atoms with Crippen LogP contribution in [0.3, 0.4) is 0 Å². The van der Waals surface area contributed by atoms with E-state index in [-0.39, 0.29) is 0 Å². The second-order valence-corrected chi connectivity index (χ2v) is 6.10. The summed E-state index contributed by atoms with van der Waals surface area (Å²) >= 11 is 2.34. The number of anilines is 1. The standard InChI is InChI=1S/C17H15IN2O/c1-10-6-3-4-8-12(10)14-16(20-21-17(14)19)13-9-5-7-11(2)15(13)18/h3-9H,19H2,1-2H3. The van der Waals surface area contributed by atoms with Crippen molar-refractivity contribution in [3.8, 4) is 22.4 Å². The first kappa shape index (κ1) is 14.1. The molecule has 2 aromatic carbocycles. The van der Waals surface area contributed by atoms with Crippen molar-refractivity contribution in [3.63, 3.8) is 0 Å². The average Bonchev–Trinajstić information content (AvgIpc) is 2.84. The van der Waals surface area contributed by atoms with Crippen LogP contribution in [0.5, 0.6) is 0 Å². The van der Waals surface area contributed by atoms with Gasteiger partial charge in [-0.05, 0) is 53.1 Å². The van der Waals surface area contributed by atoms with E-state index in [1.165, 1.54) is 9.13 Å². The molecule has 0 spiro atoms. The summed E-state index contributed by atoms with van der Waals surface area (Å²) in [4.78, 5) is 0. The highest BCUT2D eigenvalue weighted by molar-refractivity contribution is 14.1. The van der Waals surface area contributed by atoms with Crippen molar-refractivity contribution in [2.45, 2.75) is 13.8 Å². The lowest BCUT2D eigenvalue weighted by atomic mass is 9.97. The fourth-order valence-electron chi connectivity index (χ4n) is 2.43. The van der Waals surface area contributed by atoms with E-state index in [4.69, 9.17) is 10.3 Å². The van der Waals surface area contributed by atoms with Crippen LogP contribution >= 0.6 is 22.6 Å². The normalized spacial score (nSPS) is 10.8. The molecule has 1 heterocycles. The van der Waals surface area contributed by atoms with Gasteiger partial charge in [-0.2, -0.15) is 0 Å². The number of hydrogen-bond acceptors (Lipinski definition) is 3. The second kappa shape index (κ2) is 5.52. The number of hydrogen-bond donors (Lipinski definition) is 1. The van der Waals surface area contributed by atoms with Gasteiger partial charge in [0.05, 0.1) is 5.56 Å². The van der Waals surface area contributed by atoms with Gasteiger partial charge in [0.15, 0.2) is 0 Å². The van der Waals surface area contributed by atoms with Gasteiger partial charge in [-0.1, -0.05) is 47.6 Å². The van der Waals surface area contributed by atoms with Crippen LogP contribution in [0.1, 0.15) is 11.1 Å². The van der Waals surface area contributed by atoms with Crippen molar-refractivity contribution in [2.24, 2.45) is 0 Å². The lowest BCUT2D eigenvalue weighted by molar-refractivity contribution is 0.439. The maximum absolute atomic E-state index is 6.04. The lowest BCUT2D eigenvalue weighted by Gasteiger charge is -2.08. The third kappa shape index (κ3) is 2.44. The number of benzene rings is 2. The molecule has 2 N–H and O–H groups in total. The van der Waals surface area contributed by atoms with E-state index in [0.29, 0.717) is 5.88 Å². The van der Waals surface area contributed by atoms with Crippen LogP contribution in [-0.4, -0.2) is 5.16 Å². The highest BCUT2D eigenvalue weighted by atomic mass is 127. The molecule has 0 aliphatic heterocycles. The summed E-state index contributed by atoms with van der Waals surface area (Å²) in [6, 6.07) is 14.3. The van der Waals surface area contributed by atoms with E-state index in [0.717, 1.165) is 27.9 Å². The van der Waals surface area contributed by atoms with Gasteiger partial charge >= 0.3 is 0 Å². The molecule has 21 heavy (non-hydrogen) atoms. The van der Waals surface area contributed by atoms with Gasteiger partial charge in [0, 0.05) is 9.13 Å². The van der Waals surface area contributed by atoms with E-state index < -0.39 is 0 Å². The highest BCUT2D eigenvalue weighted by Gasteiger charge is 2.20. The molecule has 4 heteroatoms. The summed E-state index contributed by atoms with van der Waals surface area (Å²) in [5.74, 6) is 0.358. The molecular formula is C17H15IN2O. The third-order valence-electron chi connectivity index (χ3n) is 3.58. The topological polar surface area (TPSA) is 52.0 Å². The van der Waals surface area contributed by atoms with Crippen LogP contribution in [-0.2, 0) is 0 Å². The number of nitrogens with zero attached hydrogens (tertiary/aromatic N) is 1. The van der Waals surface area contributed by atoms with Gasteiger partial charge in [0.2, 0.25) is 5.88 Å². The van der Waals surface area contributed by atoms with Crippen molar-refractivity contribution in [1.29, 1.82) is 0 Å². The maximum atomic E-state index is 6.04. The van der Waals surface area contributed by atoms with E-state index >= 15 is 0 Å². The van der Waals surface area contributed by atoms with Crippen molar-refractivity contribution in [3.05, 3.63) is 57.2 Å². The molecular weight excluding hydrogens is 375 g/mol. The highest BCUT2D eigenvalue weighted by Crippen LogP contribution is 2.39. The molecule has 0 aliphatic carbocycles. The minimum absolute atomic E-state index is 0.358. The summed E-state index contributed by atoms with van der Waals surface area (Å²) < 4.78 is 6.44. The summed E-state index contributed by atoms with van der Waals surface area (Å²) in [6.07, 6.45) is 0. The predicted octanol–water partition coefficient (Wildman–Crippen LogP) is 4.81. The smallest absolute Gasteiger partial charge is 0.230 e. The van der Waals surface area contributed by atoms with Crippen LogP contribution in [0.4, 0.5) is 5.88 Å². The maximum Gasteiger partial charge on any atom is 0.230 e. The minimum atomic E-state index is 0.358. The van der Waals surface area contributed by atoms with Crippen LogP contribution in [0.15, 0.2) is 47.0 Å². The summed E-state index contributed by atoms with van der Waals surface area (Å²) in [7, 11) is 0. The Morgan fingerprint density at radius 2 is 1.62 bits per heavy atom. The zero-order valence-corrected chi connectivity index (χ0v) is 14.0. The molecule has 3 aromatic rings. The molecule has 0 bridgehead atoms. The van der Waals surface area contributed by atoms with Crippen molar-refractivity contribution in [1.82, 2.24) is 5.16 Å². The predicted molar refractivity (Wildman–Crippen MR) is 94.0 cm³/mol. The number of aryl methyl sites for hydroxylation is 2. The molecule has 0 saturated carbocycles.